The predicted octanol–water partition coefficient (Wildman–Crippen LogP) is 1.54. The number of unbranched alkanes of at least 4 members (excludes halogenated alkanes) is 1. The summed E-state index contributed by atoms with van der Waals surface area (Å²) in [4.78, 5) is 4.20. The molecule has 0 aromatic rings. The maximum Gasteiger partial charge on any atom is 0.191 e. The van der Waals surface area contributed by atoms with Gasteiger partial charge in [0.1, 0.15) is 0 Å². The van der Waals surface area contributed by atoms with Crippen LogP contribution in [0.1, 0.15) is 39.5 Å². The maximum atomic E-state index is 5.74. The highest BCUT2D eigenvalue weighted by molar-refractivity contribution is 5.79. The summed E-state index contributed by atoms with van der Waals surface area (Å²) in [5.74, 6) is 0.816. The fourth-order valence-corrected chi connectivity index (χ4v) is 2.06. The lowest BCUT2D eigenvalue weighted by molar-refractivity contribution is 0.0242. The summed E-state index contributed by atoms with van der Waals surface area (Å²) >= 11 is 0. The Labute approximate surface area is 117 Å². The summed E-state index contributed by atoms with van der Waals surface area (Å²) < 4.78 is 11.2. The van der Waals surface area contributed by atoms with Crippen LogP contribution < -0.4 is 10.6 Å². The molecule has 112 valence electrons. The summed E-state index contributed by atoms with van der Waals surface area (Å²) in [6.45, 7) is 8.32. The molecule has 1 unspecified atom stereocenters. The first kappa shape index (κ1) is 16.2. The number of hydrogen-bond donors (Lipinski definition) is 2. The van der Waals surface area contributed by atoms with E-state index >= 15 is 0 Å². The number of aliphatic imine (C=N–C) groups is 1. The largest absolute Gasteiger partial charge is 0.380 e. The smallest absolute Gasteiger partial charge is 0.191 e. The fraction of sp³-hybridized carbons (Fsp3) is 0.929. The second-order valence-electron chi connectivity index (χ2n) is 5.22. The molecular formula is C14H29N3O2. The van der Waals surface area contributed by atoms with Gasteiger partial charge in [0.15, 0.2) is 5.96 Å². The standard InChI is InChI=1S/C14H29N3O2/c1-4-5-9-18-11-8-16-13(15-3)17-12-14(2)7-6-10-19-14/h4-12H2,1-3H3,(H2,15,16,17). The van der Waals surface area contributed by atoms with Crippen molar-refractivity contribution in [1.29, 1.82) is 0 Å². The fourth-order valence-electron chi connectivity index (χ4n) is 2.06. The van der Waals surface area contributed by atoms with Crippen molar-refractivity contribution in [1.82, 2.24) is 10.6 Å². The van der Waals surface area contributed by atoms with Crippen LogP contribution in [0.2, 0.25) is 0 Å². The second-order valence-corrected chi connectivity index (χ2v) is 5.22. The van der Waals surface area contributed by atoms with Crippen LogP contribution in [0.5, 0.6) is 0 Å². The minimum atomic E-state index is -0.0464. The van der Waals surface area contributed by atoms with E-state index in [-0.39, 0.29) is 5.60 Å². The third kappa shape index (κ3) is 6.78. The van der Waals surface area contributed by atoms with Crippen molar-refractivity contribution in [3.05, 3.63) is 0 Å². The molecule has 0 spiro atoms. The van der Waals surface area contributed by atoms with Gasteiger partial charge in [-0.25, -0.2) is 0 Å². The molecule has 0 radical (unpaired) electrons. The number of nitrogens with zero attached hydrogens (tertiary/aromatic N) is 1. The number of guanidine groups is 1. The Bertz CT molecular complexity index is 263. The van der Waals surface area contributed by atoms with Gasteiger partial charge in [0.2, 0.25) is 0 Å². The van der Waals surface area contributed by atoms with Crippen molar-refractivity contribution in [3.63, 3.8) is 0 Å². The first-order chi connectivity index (χ1) is 9.20. The van der Waals surface area contributed by atoms with E-state index in [0.717, 1.165) is 51.5 Å². The molecule has 1 rings (SSSR count). The van der Waals surface area contributed by atoms with Crippen LogP contribution in [-0.2, 0) is 9.47 Å². The van der Waals surface area contributed by atoms with E-state index in [9.17, 15) is 0 Å². The molecule has 0 aromatic carbocycles. The Morgan fingerprint density at radius 3 is 2.84 bits per heavy atom. The summed E-state index contributed by atoms with van der Waals surface area (Å²) in [6.07, 6.45) is 4.56. The molecule has 0 amide bonds. The normalized spacial score (nSPS) is 23.6. The van der Waals surface area contributed by atoms with Crippen molar-refractivity contribution < 1.29 is 9.47 Å². The number of ether oxygens (including phenoxy) is 2. The first-order valence-corrected chi connectivity index (χ1v) is 7.36. The van der Waals surface area contributed by atoms with Gasteiger partial charge in [-0.2, -0.15) is 0 Å². The molecule has 5 heteroatoms. The van der Waals surface area contributed by atoms with Crippen molar-refractivity contribution in [2.24, 2.45) is 4.99 Å². The SMILES string of the molecule is CCCCOCCNC(=NC)NCC1(C)CCCO1. The van der Waals surface area contributed by atoms with Crippen molar-refractivity contribution >= 4 is 5.96 Å². The highest BCUT2D eigenvalue weighted by Gasteiger charge is 2.29. The molecule has 1 fully saturated rings. The van der Waals surface area contributed by atoms with E-state index in [4.69, 9.17) is 9.47 Å². The lowest BCUT2D eigenvalue weighted by Crippen LogP contribution is -2.46. The zero-order valence-electron chi connectivity index (χ0n) is 12.6. The van der Waals surface area contributed by atoms with E-state index in [1.165, 1.54) is 6.42 Å². The molecule has 19 heavy (non-hydrogen) atoms. The Balaban J connectivity index is 2.09. The zero-order chi connectivity index (χ0) is 14.0. The van der Waals surface area contributed by atoms with Crippen molar-refractivity contribution in [2.45, 2.75) is 45.1 Å². The number of nitrogens with one attached hydrogen (secondary N) is 2. The minimum absolute atomic E-state index is 0.0464. The predicted molar refractivity (Wildman–Crippen MR) is 78.7 cm³/mol. The Morgan fingerprint density at radius 1 is 1.37 bits per heavy atom. The average molecular weight is 271 g/mol. The molecule has 1 heterocycles. The molecule has 0 aromatic heterocycles. The molecular weight excluding hydrogens is 242 g/mol. The van der Waals surface area contributed by atoms with Crippen molar-refractivity contribution in [3.8, 4) is 0 Å². The van der Waals surface area contributed by atoms with Crippen LogP contribution in [-0.4, -0.2) is 51.5 Å². The summed E-state index contributed by atoms with van der Waals surface area (Å²) in [5.41, 5.74) is -0.0464. The molecule has 1 atom stereocenters. The Hall–Kier alpha value is -0.810. The van der Waals surface area contributed by atoms with Crippen molar-refractivity contribution in [2.75, 3.05) is 40.0 Å². The van der Waals surface area contributed by atoms with Gasteiger partial charge in [0.05, 0.1) is 12.2 Å². The Kier molecular flexibility index (Phi) is 7.82. The lowest BCUT2D eigenvalue weighted by Gasteiger charge is -2.24. The number of rotatable bonds is 8. The van der Waals surface area contributed by atoms with Crippen LogP contribution in [0, 0.1) is 0 Å². The topological polar surface area (TPSA) is 54.9 Å². The highest BCUT2D eigenvalue weighted by Crippen LogP contribution is 2.23. The third-order valence-electron chi connectivity index (χ3n) is 3.33. The molecule has 0 saturated carbocycles. The minimum Gasteiger partial charge on any atom is -0.380 e. The van der Waals surface area contributed by atoms with Gasteiger partial charge in [-0.15, -0.1) is 0 Å². The van der Waals surface area contributed by atoms with Crippen LogP contribution in [0.15, 0.2) is 4.99 Å². The van der Waals surface area contributed by atoms with Crippen LogP contribution in [0.25, 0.3) is 0 Å². The highest BCUT2D eigenvalue weighted by atomic mass is 16.5. The molecule has 0 bridgehead atoms. The van der Waals surface area contributed by atoms with Gasteiger partial charge in [-0.05, 0) is 26.2 Å². The number of hydrogen-bond acceptors (Lipinski definition) is 3. The summed E-state index contributed by atoms with van der Waals surface area (Å²) in [5, 5.41) is 6.56. The van der Waals surface area contributed by atoms with E-state index in [2.05, 4.69) is 29.5 Å². The molecule has 1 aliphatic heterocycles. The van der Waals surface area contributed by atoms with E-state index in [1.54, 1.807) is 7.05 Å². The van der Waals surface area contributed by atoms with E-state index in [1.807, 2.05) is 0 Å². The second kappa shape index (κ2) is 9.15. The molecule has 0 aliphatic carbocycles. The van der Waals surface area contributed by atoms with Gasteiger partial charge in [-0.3, -0.25) is 4.99 Å². The summed E-state index contributed by atoms with van der Waals surface area (Å²) in [6, 6.07) is 0. The van der Waals surface area contributed by atoms with Crippen LogP contribution in [0.4, 0.5) is 0 Å². The quantitative estimate of drug-likeness (QED) is 0.399. The zero-order valence-corrected chi connectivity index (χ0v) is 12.6. The molecule has 1 saturated heterocycles. The third-order valence-corrected chi connectivity index (χ3v) is 3.33. The van der Waals surface area contributed by atoms with Gasteiger partial charge < -0.3 is 20.1 Å². The monoisotopic (exact) mass is 271 g/mol. The molecule has 5 nitrogen and oxygen atoms in total. The maximum absolute atomic E-state index is 5.74. The molecule has 1 aliphatic rings. The van der Waals surface area contributed by atoms with Crippen LogP contribution >= 0.6 is 0 Å². The Morgan fingerprint density at radius 2 is 2.21 bits per heavy atom. The van der Waals surface area contributed by atoms with E-state index in [0.29, 0.717) is 6.61 Å². The lowest BCUT2D eigenvalue weighted by atomic mass is 10.0. The van der Waals surface area contributed by atoms with Crippen LogP contribution in [0.3, 0.4) is 0 Å². The van der Waals surface area contributed by atoms with Gasteiger partial charge in [0, 0.05) is 33.4 Å². The first-order valence-electron chi connectivity index (χ1n) is 7.36. The van der Waals surface area contributed by atoms with Gasteiger partial charge in [-0.1, -0.05) is 13.3 Å². The van der Waals surface area contributed by atoms with E-state index < -0.39 is 0 Å². The molecule has 2 N–H and O–H groups in total. The van der Waals surface area contributed by atoms with Gasteiger partial charge >= 0.3 is 0 Å². The van der Waals surface area contributed by atoms with Gasteiger partial charge in [0.25, 0.3) is 0 Å². The summed E-state index contributed by atoms with van der Waals surface area (Å²) in [7, 11) is 1.78. The average Bonchev–Trinajstić information content (AvgIpc) is 2.84.